The van der Waals surface area contributed by atoms with E-state index < -0.39 is 0 Å². The quantitative estimate of drug-likeness (QED) is 0.608. The Morgan fingerprint density at radius 2 is 1.69 bits per heavy atom. The number of rotatable bonds is 5. The fourth-order valence-corrected chi connectivity index (χ4v) is 4.04. The van der Waals surface area contributed by atoms with Gasteiger partial charge >= 0.3 is 0 Å². The van der Waals surface area contributed by atoms with Gasteiger partial charge in [0, 0.05) is 55.9 Å². The van der Waals surface area contributed by atoms with Gasteiger partial charge in [-0.3, -0.25) is 30.3 Å². The molecular weight excluding hydrogens is 402 g/mol. The van der Waals surface area contributed by atoms with Gasteiger partial charge in [0.2, 0.25) is 5.91 Å². The third kappa shape index (κ3) is 5.23. The minimum Gasteiger partial charge on any atom is -0.369 e. The molecule has 0 aliphatic carbocycles. The fraction of sp³-hybridized carbons (Fsp3) is 0.320. The lowest BCUT2D eigenvalue weighted by Gasteiger charge is -2.36. The second-order valence-corrected chi connectivity index (χ2v) is 8.25. The lowest BCUT2D eigenvalue weighted by Crippen LogP contribution is -2.48. The Bertz CT molecular complexity index is 1110. The van der Waals surface area contributed by atoms with Crippen molar-refractivity contribution in [2.24, 2.45) is 0 Å². The van der Waals surface area contributed by atoms with Crippen LogP contribution in [0.2, 0.25) is 0 Å². The molecule has 2 aromatic carbocycles. The van der Waals surface area contributed by atoms with Gasteiger partial charge in [-0.2, -0.15) is 0 Å². The minimum atomic E-state index is -0.337. The number of hydrazine groups is 1. The van der Waals surface area contributed by atoms with Gasteiger partial charge in [-0.15, -0.1) is 0 Å². The van der Waals surface area contributed by atoms with E-state index in [2.05, 4.69) is 49.9 Å². The number of anilines is 1. The average Bonchev–Trinajstić information content (AvgIpc) is 2.82. The van der Waals surface area contributed by atoms with Crippen LogP contribution < -0.4 is 15.8 Å². The number of hydrogen-bond donors (Lipinski definition) is 2. The summed E-state index contributed by atoms with van der Waals surface area (Å²) in [4.78, 5) is 34.2. The highest BCUT2D eigenvalue weighted by molar-refractivity contribution is 6.06. The summed E-state index contributed by atoms with van der Waals surface area (Å²) in [6.45, 7) is 8.20. The number of amides is 2. The Morgan fingerprint density at radius 3 is 2.44 bits per heavy atom. The number of fused-ring (bicyclic) bond motifs is 1. The number of hydrogen-bond acceptors (Lipinski definition) is 5. The van der Waals surface area contributed by atoms with Crippen LogP contribution in [0.5, 0.6) is 0 Å². The van der Waals surface area contributed by atoms with Crippen molar-refractivity contribution >= 4 is 28.4 Å². The number of piperazine rings is 1. The van der Waals surface area contributed by atoms with Crippen molar-refractivity contribution in [3.05, 3.63) is 71.4 Å². The highest BCUT2D eigenvalue weighted by atomic mass is 16.2. The van der Waals surface area contributed by atoms with Crippen molar-refractivity contribution in [2.75, 3.05) is 37.6 Å². The molecule has 1 aliphatic heterocycles. The molecule has 1 aliphatic rings. The molecule has 2 amide bonds. The first kappa shape index (κ1) is 21.8. The van der Waals surface area contributed by atoms with Crippen molar-refractivity contribution in [3.8, 4) is 0 Å². The van der Waals surface area contributed by atoms with Gasteiger partial charge in [-0.05, 0) is 44.2 Å². The van der Waals surface area contributed by atoms with Crippen LogP contribution in [-0.4, -0.2) is 54.4 Å². The first-order chi connectivity index (χ1) is 15.5. The van der Waals surface area contributed by atoms with E-state index in [4.69, 9.17) is 0 Å². The monoisotopic (exact) mass is 431 g/mol. The molecule has 2 N–H and O–H groups in total. The maximum absolute atomic E-state index is 12.7. The Labute approximate surface area is 188 Å². The van der Waals surface area contributed by atoms with Gasteiger partial charge in [-0.1, -0.05) is 29.8 Å². The van der Waals surface area contributed by atoms with E-state index in [9.17, 15) is 9.59 Å². The normalized spacial score (nSPS) is 14.4. The van der Waals surface area contributed by atoms with E-state index in [1.807, 2.05) is 38.1 Å². The summed E-state index contributed by atoms with van der Waals surface area (Å²) in [7, 11) is 0. The lowest BCUT2D eigenvalue weighted by molar-refractivity contribution is -0.122. The molecular formula is C25H29N5O2. The summed E-state index contributed by atoms with van der Waals surface area (Å²) in [5.74, 6) is -0.536. The summed E-state index contributed by atoms with van der Waals surface area (Å²) in [5, 5.41) is 0.777. The number of pyridine rings is 1. The molecule has 166 valence electrons. The zero-order valence-corrected chi connectivity index (χ0v) is 18.6. The van der Waals surface area contributed by atoms with Crippen LogP contribution in [0.3, 0.4) is 0 Å². The predicted octanol–water partition coefficient (Wildman–Crippen LogP) is 2.82. The summed E-state index contributed by atoms with van der Waals surface area (Å²) in [6.07, 6.45) is 0.334. The molecule has 1 aromatic heterocycles. The van der Waals surface area contributed by atoms with Gasteiger partial charge < -0.3 is 4.90 Å². The first-order valence-corrected chi connectivity index (χ1v) is 11.0. The van der Waals surface area contributed by atoms with Crippen molar-refractivity contribution in [1.29, 1.82) is 0 Å². The summed E-state index contributed by atoms with van der Waals surface area (Å²) in [5.41, 5.74) is 9.44. The fourth-order valence-electron chi connectivity index (χ4n) is 4.04. The minimum absolute atomic E-state index is 0.199. The van der Waals surface area contributed by atoms with Crippen LogP contribution in [0.25, 0.3) is 10.9 Å². The second kappa shape index (κ2) is 9.78. The number of nitrogens with zero attached hydrogens (tertiary/aromatic N) is 3. The van der Waals surface area contributed by atoms with E-state index >= 15 is 0 Å². The topological polar surface area (TPSA) is 77.6 Å². The maximum Gasteiger partial charge on any atom is 0.270 e. The highest BCUT2D eigenvalue weighted by Crippen LogP contribution is 2.20. The third-order valence-electron chi connectivity index (χ3n) is 5.80. The van der Waals surface area contributed by atoms with E-state index in [0.29, 0.717) is 18.5 Å². The molecule has 2 heterocycles. The van der Waals surface area contributed by atoms with Crippen LogP contribution in [0.15, 0.2) is 54.6 Å². The summed E-state index contributed by atoms with van der Waals surface area (Å²) >= 11 is 0. The number of nitrogens with one attached hydrogen (secondary N) is 2. The smallest absolute Gasteiger partial charge is 0.270 e. The Hall–Kier alpha value is -3.45. The highest BCUT2D eigenvalue weighted by Gasteiger charge is 2.18. The van der Waals surface area contributed by atoms with E-state index in [1.54, 1.807) is 6.07 Å². The van der Waals surface area contributed by atoms with Crippen molar-refractivity contribution in [1.82, 2.24) is 20.7 Å². The molecule has 7 nitrogen and oxygen atoms in total. The van der Waals surface area contributed by atoms with Gasteiger partial charge in [0.15, 0.2) is 0 Å². The summed E-state index contributed by atoms with van der Waals surface area (Å²) in [6, 6.07) is 17.9. The average molecular weight is 432 g/mol. The number of para-hydroxylation sites is 1. The van der Waals surface area contributed by atoms with Gasteiger partial charge in [-0.25, -0.2) is 0 Å². The number of aryl methyl sites for hydroxylation is 2. The molecule has 1 saturated heterocycles. The molecule has 0 saturated carbocycles. The van der Waals surface area contributed by atoms with Gasteiger partial charge in [0.1, 0.15) is 0 Å². The van der Waals surface area contributed by atoms with Gasteiger partial charge in [0.25, 0.3) is 5.91 Å². The van der Waals surface area contributed by atoms with E-state index in [0.717, 1.165) is 48.3 Å². The molecule has 0 atom stereocenters. The molecule has 0 bridgehead atoms. The zero-order chi connectivity index (χ0) is 22.5. The largest absolute Gasteiger partial charge is 0.369 e. The Balaban J connectivity index is 1.26. The Kier molecular flexibility index (Phi) is 6.66. The molecule has 1 fully saturated rings. The van der Waals surface area contributed by atoms with Gasteiger partial charge in [0.05, 0.1) is 11.1 Å². The van der Waals surface area contributed by atoms with Crippen LogP contribution in [0.4, 0.5) is 5.69 Å². The zero-order valence-electron chi connectivity index (χ0n) is 18.6. The number of carbonyl (C=O) groups excluding carboxylic acids is 2. The van der Waals surface area contributed by atoms with E-state index in [-0.39, 0.29) is 11.8 Å². The van der Waals surface area contributed by atoms with Crippen molar-refractivity contribution in [2.45, 2.75) is 20.3 Å². The second-order valence-electron chi connectivity index (χ2n) is 8.25. The number of carbonyl (C=O) groups is 2. The standard InChI is InChI=1S/C25H29N5O2/c1-18-8-9-23-21(16-18)22(17-19(2)26-23)25(32)28-27-24(31)10-11-29-12-14-30(15-13-29)20-6-4-3-5-7-20/h3-9,16-17H,10-15H2,1-2H3,(H,27,31)(H,28,32). The van der Waals surface area contributed by atoms with Crippen molar-refractivity contribution < 1.29 is 9.59 Å². The Morgan fingerprint density at radius 1 is 0.938 bits per heavy atom. The summed E-state index contributed by atoms with van der Waals surface area (Å²) < 4.78 is 0. The molecule has 4 rings (SSSR count). The van der Waals surface area contributed by atoms with E-state index in [1.165, 1.54) is 5.69 Å². The molecule has 0 unspecified atom stereocenters. The molecule has 3 aromatic rings. The molecule has 7 heteroatoms. The first-order valence-electron chi connectivity index (χ1n) is 11.0. The van der Waals surface area contributed by atoms with Crippen LogP contribution in [-0.2, 0) is 4.79 Å². The number of aromatic nitrogens is 1. The van der Waals surface area contributed by atoms with Crippen LogP contribution in [0, 0.1) is 13.8 Å². The molecule has 32 heavy (non-hydrogen) atoms. The maximum atomic E-state index is 12.7. The third-order valence-corrected chi connectivity index (χ3v) is 5.80. The SMILES string of the molecule is Cc1ccc2nc(C)cc(C(=O)NNC(=O)CCN3CCN(c4ccccc4)CC3)c2c1. The van der Waals surface area contributed by atoms with Crippen LogP contribution in [0.1, 0.15) is 28.0 Å². The van der Waals surface area contributed by atoms with Crippen LogP contribution >= 0.6 is 0 Å². The molecule has 0 spiro atoms. The molecule has 0 radical (unpaired) electrons. The van der Waals surface area contributed by atoms with Crippen molar-refractivity contribution in [3.63, 3.8) is 0 Å². The lowest BCUT2D eigenvalue weighted by atomic mass is 10.0. The number of benzene rings is 2. The predicted molar refractivity (Wildman–Crippen MR) is 127 cm³/mol.